The number of Topliss-reactive ketones (excluding diaryl/α,β-unsaturated/α-hetero) is 1. The van der Waals surface area contributed by atoms with Crippen LogP contribution >= 0.6 is 0 Å². The van der Waals surface area contributed by atoms with Gasteiger partial charge in [-0.3, -0.25) is 4.79 Å². The zero-order valence-electron chi connectivity index (χ0n) is 16.4. The molecule has 2 aliphatic rings. The molecule has 0 heterocycles. The van der Waals surface area contributed by atoms with Gasteiger partial charge in [0.25, 0.3) is 0 Å². The predicted molar refractivity (Wildman–Crippen MR) is 97.7 cm³/mol. The summed E-state index contributed by atoms with van der Waals surface area (Å²) in [6.45, 7) is 11.4. The molecule has 0 radical (unpaired) electrons. The number of hydrogen-bond donors (Lipinski definition) is 0. The second-order valence-electron chi connectivity index (χ2n) is 8.75. The number of rotatable bonds is 7. The monoisotopic (exact) mass is 336 g/mol. The van der Waals surface area contributed by atoms with Crippen molar-refractivity contribution in [3.63, 3.8) is 0 Å². The molecule has 0 spiro atoms. The minimum atomic E-state index is -0.241. The molecule has 0 aromatic carbocycles. The first-order valence-electron chi connectivity index (χ1n) is 9.56. The Bertz CT molecular complexity index is 468. The van der Waals surface area contributed by atoms with E-state index < -0.39 is 0 Å². The molecule has 0 saturated heterocycles. The fourth-order valence-electron chi connectivity index (χ4n) is 4.88. The van der Waals surface area contributed by atoms with Gasteiger partial charge in [0.15, 0.2) is 0 Å². The molecule has 2 rings (SSSR count). The predicted octanol–water partition coefficient (Wildman–Crippen LogP) is 5.00. The number of ether oxygens (including phenoxy) is 2. The quantitative estimate of drug-likeness (QED) is 0.485. The molecule has 24 heavy (non-hydrogen) atoms. The molecule has 2 fully saturated rings. The Kier molecular flexibility index (Phi) is 6.30. The maximum Gasteiger partial charge on any atom is 0.147 e. The third-order valence-corrected chi connectivity index (χ3v) is 6.92. The summed E-state index contributed by atoms with van der Waals surface area (Å²) in [7, 11) is 1.65. The Morgan fingerprint density at radius 1 is 1.29 bits per heavy atom. The summed E-state index contributed by atoms with van der Waals surface area (Å²) in [5.41, 5.74) is -0.0282. The van der Waals surface area contributed by atoms with Crippen molar-refractivity contribution in [2.24, 2.45) is 29.1 Å². The Morgan fingerprint density at radius 2 is 2.00 bits per heavy atom. The van der Waals surface area contributed by atoms with Gasteiger partial charge in [-0.15, -0.1) is 0 Å². The van der Waals surface area contributed by atoms with Gasteiger partial charge in [0.1, 0.15) is 12.6 Å². The molecule has 0 bridgehead atoms. The van der Waals surface area contributed by atoms with Gasteiger partial charge in [-0.2, -0.15) is 0 Å². The van der Waals surface area contributed by atoms with Crippen LogP contribution in [0, 0.1) is 29.1 Å². The van der Waals surface area contributed by atoms with E-state index in [0.717, 1.165) is 19.3 Å². The number of hydrogen-bond acceptors (Lipinski definition) is 3. The number of allylic oxidation sites excluding steroid dienone is 1. The molecule has 138 valence electrons. The summed E-state index contributed by atoms with van der Waals surface area (Å²) in [6.07, 6.45) is 10.0. The normalized spacial score (nSPS) is 33.7. The molecule has 0 amide bonds. The van der Waals surface area contributed by atoms with Crippen molar-refractivity contribution in [3.8, 4) is 0 Å². The van der Waals surface area contributed by atoms with Crippen molar-refractivity contribution in [1.82, 2.24) is 0 Å². The first-order valence-corrected chi connectivity index (χ1v) is 9.56. The molecule has 2 saturated carbocycles. The lowest BCUT2D eigenvalue weighted by Gasteiger charge is -2.41. The van der Waals surface area contributed by atoms with Crippen molar-refractivity contribution >= 4 is 5.78 Å². The van der Waals surface area contributed by atoms with Crippen LogP contribution in [0.15, 0.2) is 12.2 Å². The Balaban J connectivity index is 2.01. The number of fused-ring (bicyclic) bond motifs is 1. The van der Waals surface area contributed by atoms with Crippen LogP contribution in [0.4, 0.5) is 0 Å². The van der Waals surface area contributed by atoms with Gasteiger partial charge in [-0.1, -0.05) is 32.9 Å². The Labute approximate surface area is 148 Å². The van der Waals surface area contributed by atoms with Crippen molar-refractivity contribution in [2.45, 2.75) is 72.3 Å². The van der Waals surface area contributed by atoms with E-state index in [9.17, 15) is 4.79 Å². The first-order chi connectivity index (χ1) is 11.2. The van der Waals surface area contributed by atoms with Crippen LogP contribution in [0.5, 0.6) is 0 Å². The average molecular weight is 337 g/mol. The van der Waals surface area contributed by atoms with E-state index in [1.54, 1.807) is 7.11 Å². The molecule has 3 heteroatoms. The number of ketones is 1. The summed E-state index contributed by atoms with van der Waals surface area (Å²) >= 11 is 0. The lowest BCUT2D eigenvalue weighted by atomic mass is 9.62. The summed E-state index contributed by atoms with van der Waals surface area (Å²) < 4.78 is 10.8. The molecule has 2 aliphatic carbocycles. The Morgan fingerprint density at radius 3 is 2.67 bits per heavy atom. The van der Waals surface area contributed by atoms with E-state index in [4.69, 9.17) is 9.47 Å². The zero-order valence-corrected chi connectivity index (χ0v) is 16.4. The number of methoxy groups -OCH3 is 1. The van der Waals surface area contributed by atoms with Gasteiger partial charge < -0.3 is 9.47 Å². The maximum atomic E-state index is 12.3. The highest BCUT2D eigenvalue weighted by atomic mass is 16.7. The lowest BCUT2D eigenvalue weighted by molar-refractivity contribution is -0.129. The Hall–Kier alpha value is -0.670. The minimum Gasteiger partial charge on any atom is -0.359 e. The molecule has 5 atom stereocenters. The molecule has 3 nitrogen and oxygen atoms in total. The van der Waals surface area contributed by atoms with Gasteiger partial charge in [-0.25, -0.2) is 0 Å². The van der Waals surface area contributed by atoms with Crippen molar-refractivity contribution < 1.29 is 14.3 Å². The topological polar surface area (TPSA) is 35.5 Å². The summed E-state index contributed by atoms with van der Waals surface area (Å²) in [5, 5.41) is 0. The molecular formula is C21H36O3. The van der Waals surface area contributed by atoms with E-state index in [1.807, 2.05) is 0 Å². The largest absolute Gasteiger partial charge is 0.359 e. The van der Waals surface area contributed by atoms with Crippen molar-refractivity contribution in [1.29, 1.82) is 0 Å². The fraction of sp³-hybridized carbons (Fsp3) is 0.857. The highest BCUT2D eigenvalue weighted by Crippen LogP contribution is 2.56. The summed E-state index contributed by atoms with van der Waals surface area (Å²) in [6, 6.07) is 0. The van der Waals surface area contributed by atoms with Gasteiger partial charge in [0, 0.05) is 25.4 Å². The van der Waals surface area contributed by atoms with E-state index in [0.29, 0.717) is 36.2 Å². The van der Waals surface area contributed by atoms with Crippen LogP contribution < -0.4 is 0 Å². The summed E-state index contributed by atoms with van der Waals surface area (Å²) in [4.78, 5) is 12.3. The van der Waals surface area contributed by atoms with Crippen LogP contribution in [0.3, 0.4) is 0 Å². The van der Waals surface area contributed by atoms with Crippen molar-refractivity contribution in [2.75, 3.05) is 13.9 Å². The molecule has 1 unspecified atom stereocenters. The van der Waals surface area contributed by atoms with Gasteiger partial charge in [0.05, 0.1) is 5.60 Å². The molecule has 0 N–H and O–H groups in total. The SMILES string of the molecule is COCOC(C)(C)[C@@H](C)/C=C/[C@@H](C)[C@H]1CCC2C(=O)CCC[C@@]21C. The fourth-order valence-corrected chi connectivity index (χ4v) is 4.88. The van der Waals surface area contributed by atoms with E-state index >= 15 is 0 Å². The third kappa shape index (κ3) is 3.94. The van der Waals surface area contributed by atoms with E-state index in [-0.39, 0.29) is 11.0 Å². The van der Waals surface area contributed by atoms with Crippen LogP contribution in [-0.2, 0) is 14.3 Å². The summed E-state index contributed by atoms with van der Waals surface area (Å²) in [5.74, 6) is 2.27. The molecule has 0 aromatic rings. The minimum absolute atomic E-state index is 0.213. The van der Waals surface area contributed by atoms with Crippen LogP contribution in [0.2, 0.25) is 0 Å². The van der Waals surface area contributed by atoms with Crippen LogP contribution in [0.25, 0.3) is 0 Å². The average Bonchev–Trinajstić information content (AvgIpc) is 2.88. The zero-order chi connectivity index (χ0) is 18.0. The second kappa shape index (κ2) is 7.70. The molecular weight excluding hydrogens is 300 g/mol. The van der Waals surface area contributed by atoms with Gasteiger partial charge >= 0.3 is 0 Å². The highest BCUT2D eigenvalue weighted by Gasteiger charge is 2.51. The number of carbonyl (C=O) groups is 1. The van der Waals surface area contributed by atoms with Crippen LogP contribution in [-0.4, -0.2) is 25.3 Å². The second-order valence-corrected chi connectivity index (χ2v) is 8.75. The van der Waals surface area contributed by atoms with Crippen molar-refractivity contribution in [3.05, 3.63) is 12.2 Å². The van der Waals surface area contributed by atoms with Gasteiger partial charge in [-0.05, 0) is 56.8 Å². The lowest BCUT2D eigenvalue weighted by Crippen LogP contribution is -2.39. The third-order valence-electron chi connectivity index (χ3n) is 6.92. The van der Waals surface area contributed by atoms with E-state index in [2.05, 4.69) is 46.8 Å². The first kappa shape index (κ1) is 19.7. The number of carbonyl (C=O) groups excluding carboxylic acids is 1. The standard InChI is InChI=1S/C21H36O3/c1-15(9-10-16(2)20(3,4)24-14-23-6)17-11-12-18-19(22)8-7-13-21(17,18)5/h9-10,15-18H,7-8,11-14H2,1-6H3/b10-9+/t15-,16+,17-,18?,21-/m1/s1. The van der Waals surface area contributed by atoms with Gasteiger partial charge in [0.2, 0.25) is 0 Å². The smallest absolute Gasteiger partial charge is 0.147 e. The molecule has 0 aromatic heterocycles. The molecule has 0 aliphatic heterocycles. The maximum absolute atomic E-state index is 12.3. The highest BCUT2D eigenvalue weighted by molar-refractivity contribution is 5.83. The van der Waals surface area contributed by atoms with Crippen LogP contribution in [0.1, 0.15) is 66.7 Å². The van der Waals surface area contributed by atoms with E-state index in [1.165, 1.54) is 12.8 Å².